The summed E-state index contributed by atoms with van der Waals surface area (Å²) in [5, 5.41) is 21.8. The molecular formula is C29H26F2N4O2S2. The average Bonchev–Trinajstić information content (AvgIpc) is 3.48. The van der Waals surface area contributed by atoms with Gasteiger partial charge in [0.15, 0.2) is 5.69 Å². The first-order valence-corrected chi connectivity index (χ1v) is 14.4. The molecule has 6 nitrogen and oxygen atoms in total. The Morgan fingerprint density at radius 2 is 2.05 bits per heavy atom. The lowest BCUT2D eigenvalue weighted by molar-refractivity contribution is 0.0691. The smallest absolute Gasteiger partial charge is 0.355 e. The fourth-order valence-corrected chi connectivity index (χ4v) is 5.42. The molecule has 1 aliphatic rings. The number of aromatic nitrogens is 3. The van der Waals surface area contributed by atoms with Gasteiger partial charge in [0.25, 0.3) is 0 Å². The van der Waals surface area contributed by atoms with E-state index in [0.29, 0.717) is 46.5 Å². The molecule has 0 atom stereocenters. The number of nitrogens with two attached hydrogens (primary N) is 1. The van der Waals surface area contributed by atoms with E-state index in [0.717, 1.165) is 48.0 Å². The van der Waals surface area contributed by atoms with Gasteiger partial charge >= 0.3 is 5.97 Å². The molecule has 4 aromatic rings. The van der Waals surface area contributed by atoms with Crippen LogP contribution in [0.25, 0.3) is 16.4 Å². The number of carbonyl (C=O) groups is 1. The Morgan fingerprint density at radius 1 is 1.23 bits per heavy atom. The number of thiazole rings is 1. The Balaban J connectivity index is 1.68. The van der Waals surface area contributed by atoms with Crippen molar-refractivity contribution in [2.75, 3.05) is 0 Å². The van der Waals surface area contributed by atoms with E-state index in [9.17, 15) is 18.7 Å². The van der Waals surface area contributed by atoms with Crippen molar-refractivity contribution in [3.05, 3.63) is 81.5 Å². The van der Waals surface area contributed by atoms with E-state index in [1.54, 1.807) is 22.9 Å². The van der Waals surface area contributed by atoms with Crippen molar-refractivity contribution in [1.82, 2.24) is 14.8 Å². The van der Waals surface area contributed by atoms with Crippen LogP contribution >= 0.6 is 23.3 Å². The zero-order valence-corrected chi connectivity index (χ0v) is 22.8. The van der Waals surface area contributed by atoms with E-state index in [-0.39, 0.29) is 11.3 Å². The number of aromatic carboxylic acids is 1. The van der Waals surface area contributed by atoms with Crippen molar-refractivity contribution in [3.63, 3.8) is 0 Å². The number of carboxylic acids is 1. The van der Waals surface area contributed by atoms with Gasteiger partial charge in [-0.15, -0.1) is 11.3 Å². The number of nitrogens with zero attached hydrogens (tertiary/aromatic N) is 3. The van der Waals surface area contributed by atoms with Crippen LogP contribution in [0.1, 0.15) is 65.5 Å². The lowest BCUT2D eigenvalue weighted by Crippen LogP contribution is -2.06. The third-order valence-electron chi connectivity index (χ3n) is 6.50. The molecule has 200 valence electrons. The number of unbranched alkanes of at least 4 members (excludes halogenated alkanes) is 1. The Bertz CT molecular complexity index is 1600. The maximum absolute atomic E-state index is 14.6. The summed E-state index contributed by atoms with van der Waals surface area (Å²) in [4.78, 5) is 16.2. The molecule has 5 rings (SSSR count). The summed E-state index contributed by atoms with van der Waals surface area (Å²) in [5.74, 6) is 4.47. The molecule has 0 bridgehead atoms. The molecule has 1 saturated carbocycles. The summed E-state index contributed by atoms with van der Waals surface area (Å²) in [5.41, 5.74) is 3.99. The van der Waals surface area contributed by atoms with Crippen molar-refractivity contribution >= 4 is 29.3 Å². The quantitative estimate of drug-likeness (QED) is 0.175. The topological polar surface area (TPSA) is 94.0 Å². The lowest BCUT2D eigenvalue weighted by atomic mass is 9.96. The fourth-order valence-electron chi connectivity index (χ4n) is 4.33. The highest BCUT2D eigenvalue weighted by Gasteiger charge is 2.29. The summed E-state index contributed by atoms with van der Waals surface area (Å²) in [6.07, 6.45) is 4.79. The van der Waals surface area contributed by atoms with E-state index in [4.69, 9.17) is 10.2 Å². The van der Waals surface area contributed by atoms with Gasteiger partial charge in [-0.1, -0.05) is 24.8 Å². The van der Waals surface area contributed by atoms with Gasteiger partial charge in [0.1, 0.15) is 11.6 Å². The van der Waals surface area contributed by atoms with Crippen molar-refractivity contribution in [2.45, 2.75) is 50.3 Å². The average molecular weight is 565 g/mol. The third kappa shape index (κ3) is 6.06. The van der Waals surface area contributed by atoms with Gasteiger partial charge in [0.05, 0.1) is 21.8 Å². The molecule has 0 amide bonds. The van der Waals surface area contributed by atoms with E-state index in [1.165, 1.54) is 28.8 Å². The number of rotatable bonds is 9. The standard InChI is InChI=1S/C29H26F2N4O2S2/c1-2-3-4-5-19-15-20(9-10-22(19)30)27-21(12-18-8-11-26(39-32)23(31)13-18)25(14-17-6-7-17)35(34-27)29-33-24(16-38-29)28(36)37/h8-11,13,15-17H,2-3,6-7,12,14,32H2,1H3,(H,36,37). The minimum Gasteiger partial charge on any atom is -0.476 e. The normalized spacial score (nSPS) is 12.8. The molecule has 2 aromatic heterocycles. The van der Waals surface area contributed by atoms with Crippen LogP contribution in [-0.2, 0) is 12.8 Å². The second kappa shape index (κ2) is 11.7. The van der Waals surface area contributed by atoms with E-state index >= 15 is 0 Å². The van der Waals surface area contributed by atoms with Crippen molar-refractivity contribution in [3.8, 4) is 28.2 Å². The molecular weight excluding hydrogens is 538 g/mol. The van der Waals surface area contributed by atoms with Gasteiger partial charge in [-0.25, -0.2) is 23.2 Å². The number of benzene rings is 2. The van der Waals surface area contributed by atoms with Gasteiger partial charge < -0.3 is 5.11 Å². The van der Waals surface area contributed by atoms with E-state index in [2.05, 4.69) is 16.8 Å². The maximum atomic E-state index is 14.6. The van der Waals surface area contributed by atoms with Crippen LogP contribution in [0.2, 0.25) is 0 Å². The fraction of sp³-hybridized carbons (Fsp3) is 0.276. The molecule has 3 N–H and O–H groups in total. The number of carboxylic acid groups (broad SMARTS) is 1. The monoisotopic (exact) mass is 564 g/mol. The van der Waals surface area contributed by atoms with Crippen molar-refractivity contribution in [2.24, 2.45) is 11.1 Å². The lowest BCUT2D eigenvalue weighted by Gasteiger charge is -2.10. The highest BCUT2D eigenvalue weighted by Crippen LogP contribution is 2.38. The van der Waals surface area contributed by atoms with Crippen LogP contribution in [0.5, 0.6) is 0 Å². The SMILES string of the molecule is CCCC#Cc1cc(-c2nn(-c3nc(C(=O)O)cs3)c(CC3CC3)c2Cc2ccc(SN)c(F)c2)ccc1F. The highest BCUT2D eigenvalue weighted by molar-refractivity contribution is 7.97. The number of hydrogen-bond donors (Lipinski definition) is 2. The van der Waals surface area contributed by atoms with Crippen LogP contribution < -0.4 is 5.14 Å². The number of hydrogen-bond acceptors (Lipinski definition) is 6. The summed E-state index contributed by atoms with van der Waals surface area (Å²) in [7, 11) is 0. The Labute approximate surface area is 233 Å². The highest BCUT2D eigenvalue weighted by atomic mass is 32.2. The predicted molar refractivity (Wildman–Crippen MR) is 149 cm³/mol. The molecule has 0 saturated heterocycles. The molecule has 0 spiro atoms. The summed E-state index contributed by atoms with van der Waals surface area (Å²) < 4.78 is 31.0. The third-order valence-corrected chi connectivity index (χ3v) is 7.90. The van der Waals surface area contributed by atoms with Gasteiger partial charge in [-0.3, -0.25) is 5.14 Å². The van der Waals surface area contributed by atoms with E-state index < -0.39 is 17.6 Å². The molecule has 0 aliphatic heterocycles. The predicted octanol–water partition coefficient (Wildman–Crippen LogP) is 6.63. The molecule has 10 heteroatoms. The second-order valence-corrected chi connectivity index (χ2v) is 11.0. The number of halogens is 2. The molecule has 39 heavy (non-hydrogen) atoms. The molecule has 1 aliphatic carbocycles. The molecule has 0 unspecified atom stereocenters. The van der Waals surface area contributed by atoms with Crippen molar-refractivity contribution in [1.29, 1.82) is 0 Å². The van der Waals surface area contributed by atoms with Gasteiger partial charge in [0, 0.05) is 29.3 Å². The largest absolute Gasteiger partial charge is 0.476 e. The maximum Gasteiger partial charge on any atom is 0.355 e. The van der Waals surface area contributed by atoms with Crippen molar-refractivity contribution < 1.29 is 18.7 Å². The van der Waals surface area contributed by atoms with Gasteiger partial charge in [-0.2, -0.15) is 5.10 Å². The second-order valence-electron chi connectivity index (χ2n) is 9.46. The van der Waals surface area contributed by atoms with Gasteiger partial charge in [-0.05, 0) is 79.4 Å². The summed E-state index contributed by atoms with van der Waals surface area (Å²) in [6, 6.07) is 9.69. The summed E-state index contributed by atoms with van der Waals surface area (Å²) >= 11 is 2.04. The summed E-state index contributed by atoms with van der Waals surface area (Å²) in [6.45, 7) is 2.01. The van der Waals surface area contributed by atoms with Gasteiger partial charge in [0.2, 0.25) is 5.13 Å². The zero-order chi connectivity index (χ0) is 27.5. The molecule has 2 aromatic carbocycles. The Kier molecular flexibility index (Phi) is 8.12. The minimum absolute atomic E-state index is 0.0572. The molecule has 2 heterocycles. The van der Waals surface area contributed by atoms with Crippen LogP contribution in [0.3, 0.4) is 0 Å². The first kappa shape index (κ1) is 27.1. The van der Waals surface area contributed by atoms with Crippen LogP contribution in [0.15, 0.2) is 46.7 Å². The van der Waals surface area contributed by atoms with E-state index in [1.807, 2.05) is 13.0 Å². The molecule has 0 radical (unpaired) electrons. The molecule has 1 fully saturated rings. The first-order chi connectivity index (χ1) is 18.9. The zero-order valence-electron chi connectivity index (χ0n) is 21.2. The minimum atomic E-state index is -1.11. The van der Waals surface area contributed by atoms with Crippen LogP contribution in [-0.4, -0.2) is 25.8 Å². The first-order valence-electron chi connectivity index (χ1n) is 12.6. The Morgan fingerprint density at radius 3 is 2.72 bits per heavy atom. The Hall–Kier alpha value is -3.52. The van der Waals surface area contributed by atoms with Crippen LogP contribution in [0.4, 0.5) is 8.78 Å². The van der Waals surface area contributed by atoms with Crippen LogP contribution in [0, 0.1) is 29.4 Å².